The van der Waals surface area contributed by atoms with E-state index in [1.54, 1.807) is 12.1 Å². The highest BCUT2D eigenvalue weighted by Crippen LogP contribution is 2.36. The molecule has 0 fully saturated rings. The lowest BCUT2D eigenvalue weighted by atomic mass is 10.2. The van der Waals surface area contributed by atoms with E-state index in [-0.39, 0.29) is 0 Å². The number of rotatable bonds is 3. The highest BCUT2D eigenvalue weighted by molar-refractivity contribution is 9.10. The van der Waals surface area contributed by atoms with Gasteiger partial charge >= 0.3 is 5.97 Å². The van der Waals surface area contributed by atoms with E-state index in [1.165, 1.54) is 7.11 Å². The summed E-state index contributed by atoms with van der Waals surface area (Å²) in [5.41, 5.74) is 0.396. The van der Waals surface area contributed by atoms with Crippen molar-refractivity contribution in [1.29, 1.82) is 0 Å². The lowest BCUT2D eigenvalue weighted by Gasteiger charge is -2.21. The fraction of sp³-hybridized carbons (Fsp3) is 0.364. The molecule has 0 saturated carbocycles. The van der Waals surface area contributed by atoms with Crippen molar-refractivity contribution in [3.8, 4) is 5.75 Å². The van der Waals surface area contributed by atoms with Crippen LogP contribution < -0.4 is 4.43 Å². The molecule has 6 heteroatoms. The van der Waals surface area contributed by atoms with Crippen molar-refractivity contribution in [3.63, 3.8) is 0 Å². The first-order chi connectivity index (χ1) is 7.74. The Kier molecular flexibility index (Phi) is 4.63. The fourth-order valence-electron chi connectivity index (χ4n) is 1.20. The van der Waals surface area contributed by atoms with E-state index in [9.17, 15) is 4.79 Å². The standard InChI is InChI=1S/C11H14BrClO3Si/c1-15-11(14)7-5-8(12)10(9(13)6-7)16-17(2,3)4/h5-6H,1-4H3. The normalized spacial score (nSPS) is 11.2. The Labute approximate surface area is 115 Å². The summed E-state index contributed by atoms with van der Waals surface area (Å²) in [7, 11) is -0.414. The van der Waals surface area contributed by atoms with Gasteiger partial charge in [-0.15, -0.1) is 0 Å². The number of carbonyl (C=O) groups is 1. The molecule has 94 valence electrons. The maximum atomic E-state index is 11.4. The maximum Gasteiger partial charge on any atom is 0.337 e. The Bertz CT molecular complexity index is 420. The van der Waals surface area contributed by atoms with Crippen molar-refractivity contribution in [2.45, 2.75) is 19.6 Å². The van der Waals surface area contributed by atoms with Gasteiger partial charge in [-0.3, -0.25) is 0 Å². The van der Waals surface area contributed by atoms with E-state index in [0.29, 0.717) is 20.8 Å². The van der Waals surface area contributed by atoms with Gasteiger partial charge in [0.15, 0.2) is 0 Å². The first-order valence-corrected chi connectivity index (χ1v) is 9.59. The smallest absolute Gasteiger partial charge is 0.337 e. The molecule has 0 aliphatic heterocycles. The predicted molar refractivity (Wildman–Crippen MR) is 74.5 cm³/mol. The molecule has 0 heterocycles. The summed E-state index contributed by atoms with van der Waals surface area (Å²) in [4.78, 5) is 11.4. The summed E-state index contributed by atoms with van der Waals surface area (Å²) in [6.45, 7) is 6.18. The molecule has 0 N–H and O–H groups in total. The monoisotopic (exact) mass is 336 g/mol. The number of ether oxygens (including phenoxy) is 1. The molecule has 1 aromatic rings. The van der Waals surface area contributed by atoms with Crippen LogP contribution in [0.3, 0.4) is 0 Å². The van der Waals surface area contributed by atoms with E-state index >= 15 is 0 Å². The molecule has 0 aliphatic rings. The third-order valence-electron chi connectivity index (χ3n) is 1.83. The molecular formula is C11H14BrClO3Si. The number of esters is 1. The van der Waals surface area contributed by atoms with Crippen LogP contribution in [0.2, 0.25) is 24.7 Å². The van der Waals surface area contributed by atoms with Crippen molar-refractivity contribution < 1.29 is 14.0 Å². The van der Waals surface area contributed by atoms with Gasteiger partial charge in [0, 0.05) is 0 Å². The van der Waals surface area contributed by atoms with Crippen molar-refractivity contribution in [2.24, 2.45) is 0 Å². The van der Waals surface area contributed by atoms with Gasteiger partial charge in [-0.05, 0) is 47.7 Å². The van der Waals surface area contributed by atoms with Crippen molar-refractivity contribution in [3.05, 3.63) is 27.2 Å². The van der Waals surface area contributed by atoms with Crippen LogP contribution in [0.15, 0.2) is 16.6 Å². The van der Waals surface area contributed by atoms with Gasteiger partial charge in [0.25, 0.3) is 0 Å². The third-order valence-corrected chi connectivity index (χ3v) is 3.51. The Morgan fingerprint density at radius 1 is 1.35 bits per heavy atom. The molecule has 0 aliphatic carbocycles. The highest BCUT2D eigenvalue weighted by atomic mass is 79.9. The summed E-state index contributed by atoms with van der Waals surface area (Å²) in [6, 6.07) is 3.20. The Balaban J connectivity index is 3.15. The molecular weight excluding hydrogens is 324 g/mol. The molecule has 0 atom stereocenters. The van der Waals surface area contributed by atoms with Gasteiger partial charge in [-0.25, -0.2) is 4.79 Å². The van der Waals surface area contributed by atoms with Crippen LogP contribution in [0.4, 0.5) is 0 Å². The van der Waals surface area contributed by atoms with Crippen molar-refractivity contribution in [1.82, 2.24) is 0 Å². The minimum Gasteiger partial charge on any atom is -0.543 e. The molecule has 0 unspecified atom stereocenters. The minimum atomic E-state index is -1.74. The first kappa shape index (κ1) is 14.5. The molecule has 0 radical (unpaired) electrons. The van der Waals surface area contributed by atoms with Gasteiger partial charge in [0.05, 0.1) is 22.2 Å². The van der Waals surface area contributed by atoms with Crippen LogP contribution in [0.25, 0.3) is 0 Å². The van der Waals surface area contributed by atoms with Gasteiger partial charge in [0.2, 0.25) is 8.32 Å². The molecule has 0 saturated heterocycles. The van der Waals surface area contributed by atoms with Crippen LogP contribution in [0, 0.1) is 0 Å². The summed E-state index contributed by atoms with van der Waals surface area (Å²) >= 11 is 9.45. The molecule has 0 bridgehead atoms. The molecule has 0 aromatic heterocycles. The lowest BCUT2D eigenvalue weighted by Crippen LogP contribution is -2.29. The predicted octanol–water partition coefficient (Wildman–Crippen LogP) is 4.10. The third kappa shape index (κ3) is 4.01. The number of benzene rings is 1. The molecule has 0 spiro atoms. The summed E-state index contributed by atoms with van der Waals surface area (Å²) in [5, 5.41) is 0.405. The van der Waals surface area contributed by atoms with E-state index in [1.807, 2.05) is 0 Å². The van der Waals surface area contributed by atoms with Gasteiger partial charge in [0.1, 0.15) is 5.75 Å². The van der Waals surface area contributed by atoms with Crippen molar-refractivity contribution >= 4 is 41.8 Å². The Morgan fingerprint density at radius 2 is 1.94 bits per heavy atom. The molecule has 1 rings (SSSR count). The van der Waals surface area contributed by atoms with Gasteiger partial charge in [-0.2, -0.15) is 0 Å². The second-order valence-corrected chi connectivity index (χ2v) is 10.2. The maximum absolute atomic E-state index is 11.4. The number of hydrogen-bond acceptors (Lipinski definition) is 3. The zero-order chi connectivity index (χ0) is 13.2. The summed E-state index contributed by atoms with van der Waals surface area (Å²) in [6.07, 6.45) is 0. The zero-order valence-corrected chi connectivity index (χ0v) is 13.5. The number of methoxy groups -OCH3 is 1. The van der Waals surface area contributed by atoms with E-state index in [0.717, 1.165) is 0 Å². The number of hydrogen-bond donors (Lipinski definition) is 0. The molecule has 0 amide bonds. The highest BCUT2D eigenvalue weighted by Gasteiger charge is 2.21. The second kappa shape index (κ2) is 5.41. The largest absolute Gasteiger partial charge is 0.543 e. The van der Waals surface area contributed by atoms with Crippen LogP contribution in [-0.4, -0.2) is 21.4 Å². The number of halogens is 2. The van der Waals surface area contributed by atoms with E-state index < -0.39 is 14.3 Å². The average Bonchev–Trinajstić information content (AvgIpc) is 2.20. The first-order valence-electron chi connectivity index (χ1n) is 5.01. The lowest BCUT2D eigenvalue weighted by molar-refractivity contribution is 0.0600. The quantitative estimate of drug-likeness (QED) is 0.615. The van der Waals surface area contributed by atoms with Gasteiger partial charge in [-0.1, -0.05) is 11.6 Å². The van der Waals surface area contributed by atoms with Crippen LogP contribution >= 0.6 is 27.5 Å². The van der Waals surface area contributed by atoms with Crippen LogP contribution in [0.1, 0.15) is 10.4 Å². The SMILES string of the molecule is COC(=O)c1cc(Cl)c(O[Si](C)(C)C)c(Br)c1. The Morgan fingerprint density at radius 3 is 2.35 bits per heavy atom. The second-order valence-electron chi connectivity index (χ2n) is 4.48. The fourth-order valence-corrected chi connectivity index (χ4v) is 3.16. The number of carbonyl (C=O) groups excluding carboxylic acids is 1. The summed E-state index contributed by atoms with van der Waals surface area (Å²) in [5.74, 6) is 0.158. The van der Waals surface area contributed by atoms with E-state index in [4.69, 9.17) is 16.0 Å². The Hall–Kier alpha value is -0.523. The summed E-state index contributed by atoms with van der Waals surface area (Å²) < 4.78 is 11.1. The van der Waals surface area contributed by atoms with E-state index in [2.05, 4.69) is 40.3 Å². The molecule has 17 heavy (non-hydrogen) atoms. The topological polar surface area (TPSA) is 35.5 Å². The van der Waals surface area contributed by atoms with Gasteiger partial charge < -0.3 is 9.16 Å². The van der Waals surface area contributed by atoms with Crippen molar-refractivity contribution in [2.75, 3.05) is 7.11 Å². The minimum absolute atomic E-state index is 0.396. The average molecular weight is 338 g/mol. The molecule has 3 nitrogen and oxygen atoms in total. The zero-order valence-electron chi connectivity index (χ0n) is 10.1. The molecule has 1 aromatic carbocycles. The van der Waals surface area contributed by atoms with Crippen LogP contribution in [0.5, 0.6) is 5.75 Å². The van der Waals surface area contributed by atoms with Crippen LogP contribution in [-0.2, 0) is 4.74 Å².